The van der Waals surface area contributed by atoms with Crippen molar-refractivity contribution in [1.82, 2.24) is 5.32 Å². The molecule has 0 spiro atoms. The van der Waals surface area contributed by atoms with E-state index in [1.54, 1.807) is 6.92 Å². The summed E-state index contributed by atoms with van der Waals surface area (Å²) in [5, 5.41) is 3.04. The first kappa shape index (κ1) is 25.3. The molecule has 38 heavy (non-hydrogen) atoms. The fourth-order valence-electron chi connectivity index (χ4n) is 5.53. The van der Waals surface area contributed by atoms with Crippen LogP contribution < -0.4 is 5.32 Å². The lowest BCUT2D eigenvalue weighted by atomic mass is 9.79. The maximum absolute atomic E-state index is 13.3. The SMILES string of the molecule is COC(=O)[C@@H](C)[C@@H](NC(=O)OCC1c2ccccc2-c2ccccc21)C(c1ccccc1)c1ccccc1. The highest BCUT2D eigenvalue weighted by Crippen LogP contribution is 2.44. The molecule has 4 aromatic rings. The molecule has 0 fully saturated rings. The number of esters is 1. The fourth-order valence-corrected chi connectivity index (χ4v) is 5.53. The van der Waals surface area contributed by atoms with Crippen molar-refractivity contribution < 1.29 is 19.1 Å². The Hall–Kier alpha value is -4.38. The standard InChI is InChI=1S/C33H31NO4/c1-22(32(35)37-2)31(30(23-13-5-3-6-14-23)24-15-7-4-8-16-24)34-33(36)38-21-29-27-19-11-9-17-25(27)26-18-10-12-20-28(26)29/h3-20,22,29-31H,21H2,1-2H3,(H,34,36)/t22-,31+/m0/s1. The monoisotopic (exact) mass is 505 g/mol. The number of hydrogen-bond acceptors (Lipinski definition) is 4. The minimum absolute atomic E-state index is 0.0522. The quantitative estimate of drug-likeness (QED) is 0.276. The van der Waals surface area contributed by atoms with E-state index >= 15 is 0 Å². The number of fused-ring (bicyclic) bond motifs is 3. The molecule has 1 amide bonds. The van der Waals surface area contributed by atoms with E-state index in [9.17, 15) is 9.59 Å². The molecular formula is C33H31NO4. The van der Waals surface area contributed by atoms with Gasteiger partial charge in [-0.25, -0.2) is 4.79 Å². The van der Waals surface area contributed by atoms with Gasteiger partial charge in [0.2, 0.25) is 0 Å². The van der Waals surface area contributed by atoms with E-state index in [2.05, 4.69) is 29.6 Å². The Morgan fingerprint density at radius 2 is 1.21 bits per heavy atom. The van der Waals surface area contributed by atoms with Gasteiger partial charge >= 0.3 is 12.1 Å². The third-order valence-electron chi connectivity index (χ3n) is 7.42. The lowest BCUT2D eigenvalue weighted by molar-refractivity contribution is -0.145. The van der Waals surface area contributed by atoms with Crippen molar-refractivity contribution in [2.45, 2.75) is 24.8 Å². The van der Waals surface area contributed by atoms with Gasteiger partial charge in [0.1, 0.15) is 6.61 Å². The molecule has 0 radical (unpaired) electrons. The second-order valence-electron chi connectivity index (χ2n) is 9.61. The number of benzene rings is 4. The molecule has 0 unspecified atom stereocenters. The van der Waals surface area contributed by atoms with Crippen LogP contribution in [0.2, 0.25) is 0 Å². The molecule has 0 bridgehead atoms. The van der Waals surface area contributed by atoms with Crippen LogP contribution in [0.15, 0.2) is 109 Å². The Morgan fingerprint density at radius 3 is 1.71 bits per heavy atom. The van der Waals surface area contributed by atoms with Crippen molar-refractivity contribution >= 4 is 12.1 Å². The first-order valence-electron chi connectivity index (χ1n) is 12.9. The lowest BCUT2D eigenvalue weighted by Gasteiger charge is -2.32. The Bertz CT molecular complexity index is 1320. The van der Waals surface area contributed by atoms with Crippen molar-refractivity contribution in [3.8, 4) is 11.1 Å². The number of amides is 1. The number of alkyl carbamates (subject to hydrolysis) is 1. The van der Waals surface area contributed by atoms with Crippen LogP contribution in [-0.2, 0) is 14.3 Å². The van der Waals surface area contributed by atoms with Gasteiger partial charge in [0.25, 0.3) is 0 Å². The van der Waals surface area contributed by atoms with Crippen molar-refractivity contribution in [2.75, 3.05) is 13.7 Å². The highest BCUT2D eigenvalue weighted by Gasteiger charge is 2.36. The molecule has 1 aliphatic rings. The van der Waals surface area contributed by atoms with Crippen LogP contribution in [0.5, 0.6) is 0 Å². The van der Waals surface area contributed by atoms with E-state index < -0.39 is 24.0 Å². The molecule has 1 aliphatic carbocycles. The predicted octanol–water partition coefficient (Wildman–Crippen LogP) is 6.53. The minimum Gasteiger partial charge on any atom is -0.469 e. The van der Waals surface area contributed by atoms with Gasteiger partial charge in [0, 0.05) is 11.8 Å². The minimum atomic E-state index is -0.620. The first-order valence-corrected chi connectivity index (χ1v) is 12.9. The summed E-state index contributed by atoms with van der Waals surface area (Å²) in [5.41, 5.74) is 6.60. The topological polar surface area (TPSA) is 64.6 Å². The molecule has 0 saturated heterocycles. The van der Waals surface area contributed by atoms with Gasteiger partial charge in [0.15, 0.2) is 0 Å². The zero-order chi connectivity index (χ0) is 26.5. The molecular weight excluding hydrogens is 474 g/mol. The summed E-state index contributed by atoms with van der Waals surface area (Å²) in [6, 6.07) is 35.6. The molecule has 5 heteroatoms. The van der Waals surface area contributed by atoms with Crippen LogP contribution in [0.1, 0.15) is 41.0 Å². The number of carbonyl (C=O) groups is 2. The molecule has 0 saturated carbocycles. The summed E-state index contributed by atoms with van der Waals surface area (Å²) in [6.45, 7) is 1.97. The van der Waals surface area contributed by atoms with Gasteiger partial charge in [-0.3, -0.25) is 4.79 Å². The molecule has 5 rings (SSSR count). The van der Waals surface area contributed by atoms with E-state index in [1.807, 2.05) is 84.9 Å². The summed E-state index contributed by atoms with van der Waals surface area (Å²) in [4.78, 5) is 26.1. The molecule has 192 valence electrons. The summed E-state index contributed by atoms with van der Waals surface area (Å²) >= 11 is 0. The zero-order valence-corrected chi connectivity index (χ0v) is 21.5. The Balaban J connectivity index is 1.41. The summed E-state index contributed by atoms with van der Waals surface area (Å²) < 4.78 is 10.9. The van der Waals surface area contributed by atoms with Crippen LogP contribution in [0.3, 0.4) is 0 Å². The average Bonchev–Trinajstić information content (AvgIpc) is 3.29. The largest absolute Gasteiger partial charge is 0.469 e. The highest BCUT2D eigenvalue weighted by atomic mass is 16.5. The molecule has 0 aliphatic heterocycles. The Labute approximate surface area is 223 Å². The number of rotatable bonds is 8. The van der Waals surface area contributed by atoms with E-state index in [-0.39, 0.29) is 18.4 Å². The van der Waals surface area contributed by atoms with Gasteiger partial charge in [-0.15, -0.1) is 0 Å². The smallest absolute Gasteiger partial charge is 0.407 e. The number of methoxy groups -OCH3 is 1. The van der Waals surface area contributed by atoms with Crippen LogP contribution in [-0.4, -0.2) is 31.8 Å². The molecule has 2 atom stereocenters. The van der Waals surface area contributed by atoms with Gasteiger partial charge < -0.3 is 14.8 Å². The summed E-state index contributed by atoms with van der Waals surface area (Å²) in [6.07, 6.45) is -0.565. The third kappa shape index (κ3) is 5.05. The fraction of sp³-hybridized carbons (Fsp3) is 0.212. The van der Waals surface area contributed by atoms with Crippen molar-refractivity contribution in [3.05, 3.63) is 131 Å². The van der Waals surface area contributed by atoms with Gasteiger partial charge in [-0.1, -0.05) is 109 Å². The van der Waals surface area contributed by atoms with Crippen molar-refractivity contribution in [3.63, 3.8) is 0 Å². The number of carbonyl (C=O) groups excluding carboxylic acids is 2. The third-order valence-corrected chi connectivity index (χ3v) is 7.42. The number of ether oxygens (including phenoxy) is 2. The Morgan fingerprint density at radius 1 is 0.737 bits per heavy atom. The van der Waals surface area contributed by atoms with Gasteiger partial charge in [-0.05, 0) is 40.3 Å². The summed E-state index contributed by atoms with van der Waals surface area (Å²) in [7, 11) is 1.36. The van der Waals surface area contributed by atoms with E-state index in [4.69, 9.17) is 9.47 Å². The predicted molar refractivity (Wildman–Crippen MR) is 148 cm³/mol. The van der Waals surface area contributed by atoms with Crippen LogP contribution in [0.4, 0.5) is 4.79 Å². The van der Waals surface area contributed by atoms with E-state index in [0.29, 0.717) is 0 Å². The van der Waals surface area contributed by atoms with E-state index in [0.717, 1.165) is 22.3 Å². The molecule has 0 heterocycles. The van der Waals surface area contributed by atoms with Crippen LogP contribution in [0, 0.1) is 5.92 Å². The number of hydrogen-bond donors (Lipinski definition) is 1. The van der Waals surface area contributed by atoms with Gasteiger partial charge in [-0.2, -0.15) is 0 Å². The Kier molecular flexibility index (Phi) is 7.55. The lowest BCUT2D eigenvalue weighted by Crippen LogP contribution is -2.47. The highest BCUT2D eigenvalue weighted by molar-refractivity contribution is 5.79. The maximum Gasteiger partial charge on any atom is 0.407 e. The maximum atomic E-state index is 13.3. The van der Waals surface area contributed by atoms with E-state index in [1.165, 1.54) is 18.2 Å². The average molecular weight is 506 g/mol. The van der Waals surface area contributed by atoms with Gasteiger partial charge in [0.05, 0.1) is 19.1 Å². The number of nitrogens with one attached hydrogen (secondary N) is 1. The molecule has 1 N–H and O–H groups in total. The molecule has 4 aromatic carbocycles. The normalized spacial score (nSPS) is 13.8. The molecule has 0 aromatic heterocycles. The second-order valence-corrected chi connectivity index (χ2v) is 9.61. The second kappa shape index (κ2) is 11.3. The zero-order valence-electron chi connectivity index (χ0n) is 21.5. The molecule has 5 nitrogen and oxygen atoms in total. The summed E-state index contributed by atoms with van der Waals surface area (Å²) in [5.74, 6) is -1.35. The van der Waals surface area contributed by atoms with Crippen molar-refractivity contribution in [2.24, 2.45) is 5.92 Å². The van der Waals surface area contributed by atoms with Crippen molar-refractivity contribution in [1.29, 1.82) is 0 Å². The van der Waals surface area contributed by atoms with Crippen LogP contribution in [0.25, 0.3) is 11.1 Å². The first-order chi connectivity index (χ1) is 18.6. The van der Waals surface area contributed by atoms with Crippen LogP contribution >= 0.6 is 0 Å².